The Labute approximate surface area is 107 Å². The molecule has 0 spiro atoms. The average molecular weight is 264 g/mol. The van der Waals surface area contributed by atoms with Crippen LogP contribution in [0.4, 0.5) is 5.69 Å². The fourth-order valence-electron chi connectivity index (χ4n) is 2.45. The minimum absolute atomic E-state index is 0.0152. The van der Waals surface area contributed by atoms with Crippen LogP contribution >= 0.6 is 0 Å². The van der Waals surface area contributed by atoms with E-state index in [9.17, 15) is 8.42 Å². The zero-order valence-electron chi connectivity index (χ0n) is 10.0. The Morgan fingerprint density at radius 3 is 2.78 bits per heavy atom. The molecule has 1 aliphatic heterocycles. The van der Waals surface area contributed by atoms with Gasteiger partial charge in [0.1, 0.15) is 0 Å². The van der Waals surface area contributed by atoms with Gasteiger partial charge in [-0.3, -0.25) is 0 Å². The van der Waals surface area contributed by atoms with Gasteiger partial charge < -0.3 is 5.32 Å². The molecule has 0 fully saturated rings. The molecule has 0 atom stereocenters. The monoisotopic (exact) mass is 264 g/mol. The third-order valence-electron chi connectivity index (χ3n) is 3.43. The van der Waals surface area contributed by atoms with E-state index in [2.05, 4.69) is 10.0 Å². The van der Waals surface area contributed by atoms with Crippen molar-refractivity contribution in [3.05, 3.63) is 35.9 Å². The molecule has 0 saturated heterocycles. The number of nitrogens with one attached hydrogen (secondary N) is 2. The molecular formula is C13H16N2O2S. The topological polar surface area (TPSA) is 58.2 Å². The van der Waals surface area contributed by atoms with Gasteiger partial charge >= 0.3 is 0 Å². The Morgan fingerprint density at radius 2 is 2.00 bits per heavy atom. The van der Waals surface area contributed by atoms with Crippen LogP contribution in [-0.4, -0.2) is 21.0 Å². The lowest BCUT2D eigenvalue weighted by Gasteiger charge is -2.13. The van der Waals surface area contributed by atoms with Crippen LogP contribution in [-0.2, 0) is 16.4 Å². The zero-order valence-corrected chi connectivity index (χ0v) is 10.8. The standard InChI is InChI=1S/C13H16N2O2S/c16-18(17,15-11-3-1-2-4-11)12-5-6-13-10(9-12)7-8-14-13/h1-2,5-6,9,11,14-15H,3-4,7-8H2. The van der Waals surface area contributed by atoms with Crippen molar-refractivity contribution in [2.24, 2.45) is 0 Å². The first kappa shape index (κ1) is 11.7. The van der Waals surface area contributed by atoms with Crippen molar-refractivity contribution in [2.45, 2.75) is 30.2 Å². The van der Waals surface area contributed by atoms with Crippen molar-refractivity contribution < 1.29 is 8.42 Å². The average Bonchev–Trinajstić information content (AvgIpc) is 2.97. The molecule has 1 aromatic carbocycles. The lowest BCUT2D eigenvalue weighted by atomic mass is 10.2. The molecule has 18 heavy (non-hydrogen) atoms. The van der Waals surface area contributed by atoms with Crippen molar-refractivity contribution in [3.63, 3.8) is 0 Å². The van der Waals surface area contributed by atoms with E-state index < -0.39 is 10.0 Å². The zero-order chi connectivity index (χ0) is 12.6. The van der Waals surface area contributed by atoms with Gasteiger partial charge in [0.2, 0.25) is 10.0 Å². The Balaban J connectivity index is 1.84. The van der Waals surface area contributed by atoms with Gasteiger partial charge in [-0.15, -0.1) is 0 Å². The van der Waals surface area contributed by atoms with Crippen LogP contribution in [0.25, 0.3) is 0 Å². The molecule has 2 aliphatic rings. The summed E-state index contributed by atoms with van der Waals surface area (Å²) in [5, 5.41) is 3.23. The first-order chi connectivity index (χ1) is 8.65. The van der Waals surface area contributed by atoms with Gasteiger partial charge in [0.05, 0.1) is 4.90 Å². The number of rotatable bonds is 3. The van der Waals surface area contributed by atoms with E-state index in [1.165, 1.54) is 0 Å². The number of anilines is 1. The fourth-order valence-corrected chi connectivity index (χ4v) is 3.76. The van der Waals surface area contributed by atoms with Crippen LogP contribution in [0.3, 0.4) is 0 Å². The maximum Gasteiger partial charge on any atom is 0.240 e. The summed E-state index contributed by atoms with van der Waals surface area (Å²) in [7, 11) is -3.38. The molecule has 5 heteroatoms. The summed E-state index contributed by atoms with van der Waals surface area (Å²) in [5.41, 5.74) is 2.14. The van der Waals surface area contributed by atoms with Crippen molar-refractivity contribution >= 4 is 15.7 Å². The summed E-state index contributed by atoms with van der Waals surface area (Å²) in [6.07, 6.45) is 6.49. The number of hydrogen-bond acceptors (Lipinski definition) is 3. The highest BCUT2D eigenvalue weighted by atomic mass is 32.2. The van der Waals surface area contributed by atoms with Crippen LogP contribution in [0.1, 0.15) is 18.4 Å². The number of hydrogen-bond donors (Lipinski definition) is 2. The largest absolute Gasteiger partial charge is 0.384 e. The maximum atomic E-state index is 12.2. The Morgan fingerprint density at radius 1 is 1.22 bits per heavy atom. The van der Waals surface area contributed by atoms with E-state index >= 15 is 0 Å². The summed E-state index contributed by atoms with van der Waals surface area (Å²) in [6.45, 7) is 0.888. The molecule has 1 heterocycles. The SMILES string of the molecule is O=S(=O)(NC1CC=CC1)c1ccc2c(c1)CCN2. The third-order valence-corrected chi connectivity index (χ3v) is 4.94. The van der Waals surface area contributed by atoms with Gasteiger partial charge in [-0.25, -0.2) is 13.1 Å². The predicted molar refractivity (Wildman–Crippen MR) is 71.1 cm³/mol. The van der Waals surface area contributed by atoms with Crippen LogP contribution in [0.15, 0.2) is 35.2 Å². The molecule has 0 amide bonds. The van der Waals surface area contributed by atoms with E-state index in [0.717, 1.165) is 37.1 Å². The molecule has 0 saturated carbocycles. The second-order valence-electron chi connectivity index (χ2n) is 4.76. The predicted octanol–water partition coefficient (Wildman–Crippen LogP) is 1.65. The van der Waals surface area contributed by atoms with E-state index in [1.54, 1.807) is 12.1 Å². The molecule has 3 rings (SSSR count). The van der Waals surface area contributed by atoms with E-state index in [1.807, 2.05) is 18.2 Å². The number of fused-ring (bicyclic) bond motifs is 1. The Kier molecular flexibility index (Phi) is 2.87. The minimum atomic E-state index is -3.38. The van der Waals surface area contributed by atoms with Crippen LogP contribution in [0.2, 0.25) is 0 Å². The van der Waals surface area contributed by atoms with Gasteiger partial charge in [0.25, 0.3) is 0 Å². The van der Waals surface area contributed by atoms with E-state index in [4.69, 9.17) is 0 Å². The number of benzene rings is 1. The molecule has 2 N–H and O–H groups in total. The van der Waals surface area contributed by atoms with Gasteiger partial charge in [0, 0.05) is 18.3 Å². The highest BCUT2D eigenvalue weighted by Gasteiger charge is 2.22. The molecular weight excluding hydrogens is 248 g/mol. The smallest absolute Gasteiger partial charge is 0.240 e. The summed E-state index contributed by atoms with van der Waals surface area (Å²) in [5.74, 6) is 0. The second kappa shape index (κ2) is 4.40. The molecule has 0 bridgehead atoms. The molecule has 4 nitrogen and oxygen atoms in total. The molecule has 0 aromatic heterocycles. The van der Waals surface area contributed by atoms with Crippen molar-refractivity contribution in [1.29, 1.82) is 0 Å². The molecule has 0 unspecified atom stereocenters. The molecule has 0 radical (unpaired) electrons. The summed E-state index contributed by atoms with van der Waals surface area (Å²) < 4.78 is 27.2. The lowest BCUT2D eigenvalue weighted by molar-refractivity contribution is 0.557. The summed E-state index contributed by atoms with van der Waals surface area (Å²) in [4.78, 5) is 0.372. The Hall–Kier alpha value is -1.33. The minimum Gasteiger partial charge on any atom is -0.384 e. The van der Waals surface area contributed by atoms with Gasteiger partial charge in [-0.05, 0) is 43.0 Å². The quantitative estimate of drug-likeness (QED) is 0.816. The first-order valence-electron chi connectivity index (χ1n) is 6.19. The third kappa shape index (κ3) is 2.15. The van der Waals surface area contributed by atoms with Crippen LogP contribution < -0.4 is 10.0 Å². The van der Waals surface area contributed by atoms with Gasteiger partial charge in [-0.1, -0.05) is 12.2 Å². The summed E-state index contributed by atoms with van der Waals surface area (Å²) >= 11 is 0. The van der Waals surface area contributed by atoms with Crippen molar-refractivity contribution in [1.82, 2.24) is 4.72 Å². The fraction of sp³-hybridized carbons (Fsp3) is 0.385. The highest BCUT2D eigenvalue weighted by Crippen LogP contribution is 2.25. The lowest BCUT2D eigenvalue weighted by Crippen LogP contribution is -2.32. The second-order valence-corrected chi connectivity index (χ2v) is 6.47. The van der Waals surface area contributed by atoms with E-state index in [0.29, 0.717) is 4.90 Å². The molecule has 1 aromatic rings. The van der Waals surface area contributed by atoms with Crippen LogP contribution in [0.5, 0.6) is 0 Å². The molecule has 1 aliphatic carbocycles. The van der Waals surface area contributed by atoms with Gasteiger partial charge in [0.15, 0.2) is 0 Å². The number of sulfonamides is 1. The van der Waals surface area contributed by atoms with Crippen molar-refractivity contribution in [2.75, 3.05) is 11.9 Å². The highest BCUT2D eigenvalue weighted by molar-refractivity contribution is 7.89. The van der Waals surface area contributed by atoms with Gasteiger partial charge in [-0.2, -0.15) is 0 Å². The van der Waals surface area contributed by atoms with Crippen LogP contribution in [0, 0.1) is 0 Å². The Bertz CT molecular complexity index is 585. The molecule has 96 valence electrons. The normalized spacial score (nSPS) is 18.9. The van der Waals surface area contributed by atoms with Crippen molar-refractivity contribution in [3.8, 4) is 0 Å². The maximum absolute atomic E-state index is 12.2. The van der Waals surface area contributed by atoms with E-state index in [-0.39, 0.29) is 6.04 Å². The first-order valence-corrected chi connectivity index (χ1v) is 7.67. The summed E-state index contributed by atoms with van der Waals surface area (Å²) in [6, 6.07) is 5.31.